The zero-order chi connectivity index (χ0) is 10.0. The van der Waals surface area contributed by atoms with Crippen molar-refractivity contribution in [3.05, 3.63) is 0 Å². The molecule has 1 unspecified atom stereocenters. The molecular weight excluding hydrogens is 168 g/mol. The number of piperidine rings is 1. The number of carbonyl (C=O) groups is 2. The molecule has 4 nitrogen and oxygen atoms in total. The Morgan fingerprint density at radius 3 is 2.69 bits per heavy atom. The normalized spacial score (nSPS) is 24.3. The summed E-state index contributed by atoms with van der Waals surface area (Å²) in [4.78, 5) is 24.1. The fraction of sp³-hybridized carbons (Fsp3) is 0.778. The van der Waals surface area contributed by atoms with E-state index in [-0.39, 0.29) is 11.8 Å². The Morgan fingerprint density at radius 2 is 2.15 bits per heavy atom. The summed E-state index contributed by atoms with van der Waals surface area (Å²) in [6.45, 7) is 4.44. The molecular formula is C9H16N2O2. The summed E-state index contributed by atoms with van der Waals surface area (Å²) in [7, 11) is 0. The van der Waals surface area contributed by atoms with E-state index in [0.29, 0.717) is 25.3 Å². The zero-order valence-electron chi connectivity index (χ0n) is 8.12. The molecule has 1 aliphatic heterocycles. The van der Waals surface area contributed by atoms with Gasteiger partial charge in [-0.15, -0.1) is 0 Å². The number of nitrogens with two attached hydrogens (primary N) is 1. The van der Waals surface area contributed by atoms with Gasteiger partial charge in [-0.05, 0) is 12.3 Å². The topological polar surface area (TPSA) is 63.4 Å². The molecule has 1 rings (SSSR count). The number of amides is 2. The number of nitrogens with zero attached hydrogens (tertiary/aromatic N) is 1. The SMILES string of the molecule is CC(C)CN1C(=O)CCC(N)C1=O. The van der Waals surface area contributed by atoms with Gasteiger partial charge in [-0.3, -0.25) is 14.5 Å². The van der Waals surface area contributed by atoms with Gasteiger partial charge in [-0.1, -0.05) is 13.8 Å². The average Bonchev–Trinajstić information content (AvgIpc) is 2.05. The van der Waals surface area contributed by atoms with Crippen LogP contribution in [0.4, 0.5) is 0 Å². The van der Waals surface area contributed by atoms with Gasteiger partial charge < -0.3 is 5.73 Å². The molecule has 0 radical (unpaired) electrons. The van der Waals surface area contributed by atoms with Crippen molar-refractivity contribution in [2.75, 3.05) is 6.54 Å². The first-order valence-corrected chi connectivity index (χ1v) is 4.62. The molecule has 13 heavy (non-hydrogen) atoms. The van der Waals surface area contributed by atoms with Gasteiger partial charge in [0.2, 0.25) is 11.8 Å². The highest BCUT2D eigenvalue weighted by molar-refractivity contribution is 6.00. The molecule has 2 N–H and O–H groups in total. The van der Waals surface area contributed by atoms with E-state index in [4.69, 9.17) is 5.73 Å². The van der Waals surface area contributed by atoms with Gasteiger partial charge in [-0.25, -0.2) is 0 Å². The van der Waals surface area contributed by atoms with Crippen LogP contribution in [-0.4, -0.2) is 29.3 Å². The van der Waals surface area contributed by atoms with Crippen molar-refractivity contribution in [1.29, 1.82) is 0 Å². The van der Waals surface area contributed by atoms with Crippen LogP contribution in [0, 0.1) is 5.92 Å². The standard InChI is InChI=1S/C9H16N2O2/c1-6(2)5-11-8(12)4-3-7(10)9(11)13/h6-7H,3-5,10H2,1-2H3. The van der Waals surface area contributed by atoms with Gasteiger partial charge in [0.05, 0.1) is 6.04 Å². The molecule has 1 fully saturated rings. The first-order valence-electron chi connectivity index (χ1n) is 4.62. The van der Waals surface area contributed by atoms with E-state index >= 15 is 0 Å². The summed E-state index contributed by atoms with van der Waals surface area (Å²) in [5.41, 5.74) is 5.56. The Bertz CT molecular complexity index is 226. The number of carbonyl (C=O) groups excluding carboxylic acids is 2. The molecule has 1 atom stereocenters. The second kappa shape index (κ2) is 3.87. The number of hydrogen-bond donors (Lipinski definition) is 1. The van der Waals surface area contributed by atoms with Crippen LogP contribution in [0.2, 0.25) is 0 Å². The molecule has 0 bridgehead atoms. The minimum Gasteiger partial charge on any atom is -0.320 e. The Kier molecular flexibility index (Phi) is 3.03. The minimum atomic E-state index is -0.476. The lowest BCUT2D eigenvalue weighted by atomic mass is 10.0. The zero-order valence-corrected chi connectivity index (χ0v) is 8.12. The van der Waals surface area contributed by atoms with E-state index in [0.717, 1.165) is 0 Å². The molecule has 1 aliphatic rings. The molecule has 2 amide bonds. The Labute approximate surface area is 78.1 Å². The molecule has 0 aromatic rings. The maximum atomic E-state index is 11.5. The maximum Gasteiger partial charge on any atom is 0.246 e. The van der Waals surface area contributed by atoms with Crippen molar-refractivity contribution < 1.29 is 9.59 Å². The molecule has 1 saturated heterocycles. The average molecular weight is 184 g/mol. The highest BCUT2D eigenvalue weighted by Crippen LogP contribution is 2.13. The number of rotatable bonds is 2. The number of imide groups is 1. The minimum absolute atomic E-state index is 0.0830. The molecule has 0 aromatic carbocycles. The molecule has 1 heterocycles. The highest BCUT2D eigenvalue weighted by atomic mass is 16.2. The van der Waals surface area contributed by atoms with Crippen LogP contribution in [-0.2, 0) is 9.59 Å². The van der Waals surface area contributed by atoms with Crippen LogP contribution in [0.25, 0.3) is 0 Å². The summed E-state index contributed by atoms with van der Waals surface area (Å²) in [5, 5.41) is 0. The summed E-state index contributed by atoms with van der Waals surface area (Å²) < 4.78 is 0. The first-order chi connectivity index (χ1) is 6.02. The quantitative estimate of drug-likeness (QED) is 0.620. The smallest absolute Gasteiger partial charge is 0.246 e. The van der Waals surface area contributed by atoms with E-state index in [1.807, 2.05) is 13.8 Å². The van der Waals surface area contributed by atoms with Crippen molar-refractivity contribution in [3.8, 4) is 0 Å². The van der Waals surface area contributed by atoms with Gasteiger partial charge in [-0.2, -0.15) is 0 Å². The van der Waals surface area contributed by atoms with Crippen LogP contribution in [0.1, 0.15) is 26.7 Å². The molecule has 4 heteroatoms. The monoisotopic (exact) mass is 184 g/mol. The van der Waals surface area contributed by atoms with Crippen LogP contribution in [0.5, 0.6) is 0 Å². The Morgan fingerprint density at radius 1 is 1.54 bits per heavy atom. The fourth-order valence-corrected chi connectivity index (χ4v) is 1.42. The second-order valence-corrected chi connectivity index (χ2v) is 3.88. The third-order valence-corrected chi connectivity index (χ3v) is 2.10. The van der Waals surface area contributed by atoms with Crippen molar-refractivity contribution in [2.45, 2.75) is 32.7 Å². The third-order valence-electron chi connectivity index (χ3n) is 2.10. The fourth-order valence-electron chi connectivity index (χ4n) is 1.42. The summed E-state index contributed by atoms with van der Waals surface area (Å²) in [5.74, 6) is 0.00329. The predicted molar refractivity (Wildman–Crippen MR) is 48.8 cm³/mol. The highest BCUT2D eigenvalue weighted by Gasteiger charge is 2.31. The maximum absolute atomic E-state index is 11.5. The van der Waals surface area contributed by atoms with Gasteiger partial charge in [0, 0.05) is 13.0 Å². The van der Waals surface area contributed by atoms with Crippen molar-refractivity contribution >= 4 is 11.8 Å². The number of hydrogen-bond acceptors (Lipinski definition) is 3. The lowest BCUT2D eigenvalue weighted by molar-refractivity contribution is -0.149. The van der Waals surface area contributed by atoms with Crippen LogP contribution >= 0.6 is 0 Å². The van der Waals surface area contributed by atoms with Gasteiger partial charge >= 0.3 is 0 Å². The van der Waals surface area contributed by atoms with E-state index in [2.05, 4.69) is 0 Å². The number of likely N-dealkylation sites (tertiary alicyclic amines) is 1. The van der Waals surface area contributed by atoms with E-state index in [1.165, 1.54) is 4.90 Å². The van der Waals surface area contributed by atoms with E-state index in [9.17, 15) is 9.59 Å². The molecule has 74 valence electrons. The lowest BCUT2D eigenvalue weighted by Gasteiger charge is -2.29. The van der Waals surface area contributed by atoms with Crippen molar-refractivity contribution in [3.63, 3.8) is 0 Å². The Hall–Kier alpha value is -0.900. The lowest BCUT2D eigenvalue weighted by Crippen LogP contribution is -2.52. The predicted octanol–water partition coefficient (Wildman–Crippen LogP) is 0.119. The first kappa shape index (κ1) is 10.2. The van der Waals surface area contributed by atoms with E-state index < -0.39 is 6.04 Å². The summed E-state index contributed by atoms with van der Waals surface area (Å²) >= 11 is 0. The largest absolute Gasteiger partial charge is 0.320 e. The Balaban J connectivity index is 2.67. The van der Waals surface area contributed by atoms with E-state index in [1.54, 1.807) is 0 Å². The molecule has 0 spiro atoms. The van der Waals surface area contributed by atoms with Crippen LogP contribution < -0.4 is 5.73 Å². The van der Waals surface area contributed by atoms with Gasteiger partial charge in [0.1, 0.15) is 0 Å². The van der Waals surface area contributed by atoms with Gasteiger partial charge in [0.25, 0.3) is 0 Å². The summed E-state index contributed by atoms with van der Waals surface area (Å²) in [6.07, 6.45) is 0.895. The summed E-state index contributed by atoms with van der Waals surface area (Å²) in [6, 6.07) is -0.476. The van der Waals surface area contributed by atoms with Crippen molar-refractivity contribution in [1.82, 2.24) is 4.90 Å². The van der Waals surface area contributed by atoms with Gasteiger partial charge in [0.15, 0.2) is 0 Å². The third kappa shape index (κ3) is 2.28. The van der Waals surface area contributed by atoms with Crippen LogP contribution in [0.3, 0.4) is 0 Å². The van der Waals surface area contributed by atoms with Crippen molar-refractivity contribution in [2.24, 2.45) is 11.7 Å². The molecule has 0 aliphatic carbocycles. The molecule has 0 aromatic heterocycles. The second-order valence-electron chi connectivity index (χ2n) is 3.88. The van der Waals surface area contributed by atoms with Crippen LogP contribution in [0.15, 0.2) is 0 Å². The molecule has 0 saturated carbocycles.